The topological polar surface area (TPSA) is 83.8 Å². The highest BCUT2D eigenvalue weighted by Crippen LogP contribution is 2.32. The second-order valence-corrected chi connectivity index (χ2v) is 7.07. The minimum atomic E-state index is -0.223. The normalized spacial score (nSPS) is 12.2. The van der Waals surface area contributed by atoms with Gasteiger partial charge < -0.3 is 16.0 Å². The number of hydrogen-bond donors (Lipinski definition) is 3. The van der Waals surface area contributed by atoms with E-state index in [-0.39, 0.29) is 11.9 Å². The van der Waals surface area contributed by atoms with E-state index in [4.69, 9.17) is 5.73 Å². The number of amides is 1. The van der Waals surface area contributed by atoms with E-state index in [1.54, 1.807) is 6.20 Å². The van der Waals surface area contributed by atoms with E-state index in [0.29, 0.717) is 11.4 Å². The highest BCUT2D eigenvalue weighted by atomic mass is 32.1. The van der Waals surface area contributed by atoms with E-state index < -0.39 is 0 Å². The molecule has 0 aliphatic rings. The molecule has 4 N–H and O–H groups in total. The van der Waals surface area contributed by atoms with Gasteiger partial charge in [-0.2, -0.15) is 0 Å². The molecule has 3 aromatic heterocycles. The van der Waals surface area contributed by atoms with Gasteiger partial charge in [-0.3, -0.25) is 4.79 Å². The fourth-order valence-electron chi connectivity index (χ4n) is 2.89. The van der Waals surface area contributed by atoms with Gasteiger partial charge in [0.25, 0.3) is 5.91 Å². The number of nitrogens with one attached hydrogen (secondary N) is 2. The molecule has 0 aliphatic heterocycles. The highest BCUT2D eigenvalue weighted by molar-refractivity contribution is 7.17. The maximum Gasteiger partial charge on any atom is 0.261 e. The summed E-state index contributed by atoms with van der Waals surface area (Å²) in [6.45, 7) is 0.396. The standard InChI is InChI=1S/C20H18N4OS/c21-16(13-4-2-1-3-5-13)12-24-20(25)18-7-6-17(26-18)14-8-10-22-19-15(14)9-11-23-19/h1-11,16H,12,21H2,(H,22,23)(H,24,25). The van der Waals surface area contributed by atoms with Crippen LogP contribution in [0, 0.1) is 0 Å². The lowest BCUT2D eigenvalue weighted by Gasteiger charge is -2.12. The van der Waals surface area contributed by atoms with E-state index in [1.165, 1.54) is 11.3 Å². The lowest BCUT2D eigenvalue weighted by atomic mass is 10.1. The number of pyridine rings is 1. The molecule has 0 radical (unpaired) electrons. The number of H-pyrrole nitrogens is 1. The maximum atomic E-state index is 12.5. The van der Waals surface area contributed by atoms with Crippen LogP contribution < -0.4 is 11.1 Å². The summed E-state index contributed by atoms with van der Waals surface area (Å²) in [4.78, 5) is 21.6. The average molecular weight is 362 g/mol. The fourth-order valence-corrected chi connectivity index (χ4v) is 3.85. The van der Waals surface area contributed by atoms with Gasteiger partial charge in [0.05, 0.1) is 4.88 Å². The lowest BCUT2D eigenvalue weighted by molar-refractivity contribution is 0.0955. The van der Waals surface area contributed by atoms with Crippen molar-refractivity contribution in [3.8, 4) is 10.4 Å². The number of hydrogen-bond acceptors (Lipinski definition) is 4. The SMILES string of the molecule is NC(CNC(=O)c1ccc(-c2ccnc3[nH]ccc23)s1)c1ccccc1. The summed E-state index contributed by atoms with van der Waals surface area (Å²) in [5.41, 5.74) is 9.07. The van der Waals surface area contributed by atoms with E-state index in [2.05, 4.69) is 15.3 Å². The maximum absolute atomic E-state index is 12.5. The monoisotopic (exact) mass is 362 g/mol. The highest BCUT2D eigenvalue weighted by Gasteiger charge is 2.14. The Morgan fingerprint density at radius 1 is 1.15 bits per heavy atom. The van der Waals surface area contributed by atoms with Crippen LogP contribution >= 0.6 is 11.3 Å². The molecule has 130 valence electrons. The third kappa shape index (κ3) is 3.24. The average Bonchev–Trinajstić information content (AvgIpc) is 3.35. The summed E-state index contributed by atoms with van der Waals surface area (Å²) < 4.78 is 0. The predicted molar refractivity (Wildman–Crippen MR) is 105 cm³/mol. The molecule has 6 heteroatoms. The third-order valence-electron chi connectivity index (χ3n) is 4.27. The molecule has 4 rings (SSSR count). The molecule has 1 amide bonds. The van der Waals surface area contributed by atoms with E-state index >= 15 is 0 Å². The van der Waals surface area contributed by atoms with Crippen molar-refractivity contribution >= 4 is 28.3 Å². The molecule has 0 bridgehead atoms. The molecule has 4 aromatic rings. The van der Waals surface area contributed by atoms with Crippen LogP contribution in [0.25, 0.3) is 21.5 Å². The first kappa shape index (κ1) is 16.5. The Bertz CT molecular complexity index is 1040. The number of carbonyl (C=O) groups excluding carboxylic acids is 1. The van der Waals surface area contributed by atoms with Crippen LogP contribution in [0.15, 0.2) is 67.0 Å². The summed E-state index contributed by atoms with van der Waals surface area (Å²) in [6.07, 6.45) is 3.64. The Labute approximate surface area is 154 Å². The van der Waals surface area contributed by atoms with Gasteiger partial charge in [-0.25, -0.2) is 4.98 Å². The molecule has 1 atom stereocenters. The number of benzene rings is 1. The molecular weight excluding hydrogens is 344 g/mol. The number of nitrogens with two attached hydrogens (primary N) is 1. The first-order valence-electron chi connectivity index (χ1n) is 8.33. The molecule has 26 heavy (non-hydrogen) atoms. The second kappa shape index (κ2) is 7.11. The van der Waals surface area contributed by atoms with Crippen LogP contribution in [0.5, 0.6) is 0 Å². The van der Waals surface area contributed by atoms with Crippen molar-refractivity contribution < 1.29 is 4.79 Å². The van der Waals surface area contributed by atoms with Gasteiger partial charge in [-0.15, -0.1) is 11.3 Å². The van der Waals surface area contributed by atoms with E-state index in [0.717, 1.165) is 27.0 Å². The summed E-state index contributed by atoms with van der Waals surface area (Å²) in [7, 11) is 0. The minimum absolute atomic E-state index is 0.105. The number of aromatic amines is 1. The van der Waals surface area contributed by atoms with Crippen molar-refractivity contribution in [2.45, 2.75) is 6.04 Å². The molecule has 0 spiro atoms. The van der Waals surface area contributed by atoms with Crippen molar-refractivity contribution in [1.82, 2.24) is 15.3 Å². The molecule has 3 heterocycles. The summed E-state index contributed by atoms with van der Waals surface area (Å²) in [5, 5.41) is 3.97. The van der Waals surface area contributed by atoms with Gasteiger partial charge in [0, 0.05) is 40.8 Å². The van der Waals surface area contributed by atoms with Crippen molar-refractivity contribution in [3.05, 3.63) is 77.4 Å². The van der Waals surface area contributed by atoms with Crippen molar-refractivity contribution in [2.24, 2.45) is 5.73 Å². The van der Waals surface area contributed by atoms with Gasteiger partial charge >= 0.3 is 0 Å². The number of carbonyl (C=O) groups is 1. The Hall–Kier alpha value is -2.96. The van der Waals surface area contributed by atoms with E-state index in [9.17, 15) is 4.79 Å². The predicted octanol–water partition coefficient (Wildman–Crippen LogP) is 3.72. The Morgan fingerprint density at radius 3 is 2.85 bits per heavy atom. The second-order valence-electron chi connectivity index (χ2n) is 5.99. The van der Waals surface area contributed by atoms with Crippen LogP contribution in [0.1, 0.15) is 21.3 Å². The van der Waals surface area contributed by atoms with Crippen molar-refractivity contribution in [1.29, 1.82) is 0 Å². The first-order chi connectivity index (χ1) is 12.7. The van der Waals surface area contributed by atoms with Crippen LogP contribution in [-0.2, 0) is 0 Å². The van der Waals surface area contributed by atoms with Gasteiger partial charge in [-0.1, -0.05) is 30.3 Å². The first-order valence-corrected chi connectivity index (χ1v) is 9.15. The molecule has 0 fully saturated rings. The van der Waals surface area contributed by atoms with Crippen molar-refractivity contribution in [3.63, 3.8) is 0 Å². The molecular formula is C20H18N4OS. The molecule has 1 aromatic carbocycles. The van der Waals surface area contributed by atoms with E-state index in [1.807, 2.05) is 60.8 Å². The molecule has 0 aliphatic carbocycles. The Kier molecular flexibility index (Phi) is 4.51. The largest absolute Gasteiger partial charge is 0.349 e. The number of fused-ring (bicyclic) bond motifs is 1. The molecule has 1 unspecified atom stereocenters. The summed E-state index contributed by atoms with van der Waals surface area (Å²) in [6, 6.07) is 17.3. The van der Waals surface area contributed by atoms with Gasteiger partial charge in [0.1, 0.15) is 5.65 Å². The fraction of sp³-hybridized carbons (Fsp3) is 0.100. The minimum Gasteiger partial charge on any atom is -0.349 e. The van der Waals surface area contributed by atoms with Gasteiger partial charge in [0.2, 0.25) is 0 Å². The zero-order valence-electron chi connectivity index (χ0n) is 14.0. The Morgan fingerprint density at radius 2 is 2.00 bits per heavy atom. The van der Waals surface area contributed by atoms with Crippen LogP contribution in [0.3, 0.4) is 0 Å². The zero-order chi connectivity index (χ0) is 17.9. The number of thiophene rings is 1. The number of rotatable bonds is 5. The van der Waals surface area contributed by atoms with Crippen LogP contribution in [0.2, 0.25) is 0 Å². The zero-order valence-corrected chi connectivity index (χ0v) is 14.8. The molecule has 0 saturated carbocycles. The Balaban J connectivity index is 1.48. The van der Waals surface area contributed by atoms with Crippen LogP contribution in [0.4, 0.5) is 0 Å². The van der Waals surface area contributed by atoms with Gasteiger partial charge in [-0.05, 0) is 29.8 Å². The summed E-state index contributed by atoms with van der Waals surface area (Å²) in [5.74, 6) is -0.105. The molecule has 0 saturated heterocycles. The van der Waals surface area contributed by atoms with Gasteiger partial charge in [0.15, 0.2) is 0 Å². The number of nitrogens with zero attached hydrogens (tertiary/aromatic N) is 1. The van der Waals surface area contributed by atoms with Crippen LogP contribution in [-0.4, -0.2) is 22.4 Å². The van der Waals surface area contributed by atoms with Crippen molar-refractivity contribution in [2.75, 3.05) is 6.54 Å². The third-order valence-corrected chi connectivity index (χ3v) is 5.38. The lowest BCUT2D eigenvalue weighted by Crippen LogP contribution is -2.31. The summed E-state index contributed by atoms with van der Waals surface area (Å²) >= 11 is 1.47. The smallest absolute Gasteiger partial charge is 0.261 e. The molecule has 5 nitrogen and oxygen atoms in total. The number of aromatic nitrogens is 2. The quantitative estimate of drug-likeness (QED) is 0.506.